The van der Waals surface area contributed by atoms with E-state index in [0.29, 0.717) is 0 Å². The molecule has 3 aliphatic carbocycles. The van der Waals surface area contributed by atoms with Crippen LogP contribution in [0.15, 0.2) is 357 Å². The third kappa shape index (κ3) is 9.76. The van der Waals surface area contributed by atoms with E-state index in [1.807, 2.05) is 30.3 Å². The van der Waals surface area contributed by atoms with E-state index in [1.54, 1.807) is 0 Å². The summed E-state index contributed by atoms with van der Waals surface area (Å²) in [6.45, 7) is 14.1. The van der Waals surface area contributed by atoms with E-state index in [9.17, 15) is 0 Å². The van der Waals surface area contributed by atoms with Crippen molar-refractivity contribution in [2.24, 2.45) is 0 Å². The number of hydrogen-bond acceptors (Lipinski definition) is 6. The summed E-state index contributed by atoms with van der Waals surface area (Å²) in [4.78, 5) is 4.77. The Bertz CT molecular complexity index is 7260. The fraction of sp³-hybridized carbons (Fsp3) is 0.0857. The predicted octanol–water partition coefficient (Wildman–Crippen LogP) is 29.8. The average molecular weight is 1430 g/mol. The van der Waals surface area contributed by atoms with E-state index in [0.717, 1.165) is 150 Å². The fourth-order valence-electron chi connectivity index (χ4n) is 19.0. The summed E-state index contributed by atoms with van der Waals surface area (Å²) in [5, 5.41) is 9.05. The van der Waals surface area contributed by atoms with Gasteiger partial charge in [0.1, 0.15) is 33.5 Å². The monoisotopic (exact) mass is 1430 g/mol. The molecule has 3 aliphatic rings. The first-order valence-electron chi connectivity index (χ1n) is 38.5. The molecule has 23 rings (SSSR count). The van der Waals surface area contributed by atoms with Gasteiger partial charge in [-0.15, -0.1) is 0 Å². The maximum atomic E-state index is 6.73. The zero-order chi connectivity index (χ0) is 74.2. The van der Waals surface area contributed by atoms with Crippen molar-refractivity contribution in [3.05, 3.63) is 373 Å². The SMILES string of the molecule is CC1(C)c2ccccc2-c2ccc(N(c3ccc(-c4ccc(-c5cccc6c5oc5ccccc56)cc4)cc3)c3cccc4c3oc3ccccc34)cc21.CC1(C)c2ccccc2-c2ccc(N(c3ccc4c(c3)C(C)(C)c3cc(-c5cccc6c5oc5ccccc56)ccc3-4)c3cccc4c3oc3ccccc34)cc21. The summed E-state index contributed by atoms with van der Waals surface area (Å²) in [5.74, 6) is 0. The molecule has 0 bridgehead atoms. The molecule has 6 heteroatoms. The van der Waals surface area contributed by atoms with Crippen LogP contribution < -0.4 is 9.80 Å². The lowest BCUT2D eigenvalue weighted by Gasteiger charge is -2.29. The molecule has 0 fully saturated rings. The van der Waals surface area contributed by atoms with Crippen molar-refractivity contribution < 1.29 is 17.7 Å². The minimum absolute atomic E-state index is 0.120. The Hall–Kier alpha value is -13.7. The van der Waals surface area contributed by atoms with Gasteiger partial charge in [0.25, 0.3) is 0 Å². The fourth-order valence-corrected chi connectivity index (χ4v) is 19.0. The molecule has 111 heavy (non-hydrogen) atoms. The van der Waals surface area contributed by atoms with E-state index in [1.165, 1.54) is 72.3 Å². The minimum atomic E-state index is -0.253. The zero-order valence-corrected chi connectivity index (χ0v) is 62.4. The van der Waals surface area contributed by atoms with Gasteiger partial charge in [-0.05, 0) is 180 Å². The van der Waals surface area contributed by atoms with Crippen molar-refractivity contribution in [1.82, 2.24) is 0 Å². The van der Waals surface area contributed by atoms with Gasteiger partial charge in [-0.3, -0.25) is 0 Å². The number of nitrogens with zero attached hydrogens (tertiary/aromatic N) is 2. The molecule has 4 heterocycles. The van der Waals surface area contributed by atoms with Crippen molar-refractivity contribution in [3.8, 4) is 66.8 Å². The maximum Gasteiger partial charge on any atom is 0.159 e. The molecule has 0 N–H and O–H groups in total. The molecular formula is C105H74N2O4. The van der Waals surface area contributed by atoms with E-state index < -0.39 is 0 Å². The minimum Gasteiger partial charge on any atom is -0.455 e. The Labute approximate surface area is 642 Å². The van der Waals surface area contributed by atoms with Crippen LogP contribution in [0.4, 0.5) is 34.1 Å². The summed E-state index contributed by atoms with van der Waals surface area (Å²) >= 11 is 0. The third-order valence-corrected chi connectivity index (χ3v) is 24.6. The first kappa shape index (κ1) is 64.5. The van der Waals surface area contributed by atoms with Gasteiger partial charge in [0.05, 0.1) is 11.4 Å². The van der Waals surface area contributed by atoms with Gasteiger partial charge >= 0.3 is 0 Å². The third-order valence-electron chi connectivity index (χ3n) is 24.6. The van der Waals surface area contributed by atoms with Crippen LogP contribution in [-0.2, 0) is 16.2 Å². The standard InChI is InChI=1S/C54H39NO2.C51H35NO2/c1-53(2)44-19-8-5-13-36(44)38-27-24-33(30-46(38)53)55(48-20-12-18-43-41-15-7-10-22-50(41)57-52(43)48)34-25-28-39-37-26-23-32(29-45(37)54(3,4)47(39)31-34)35-16-11-17-42-40-14-6-9-21-49(40)56-51(35)42;1-51(2)44-17-6-3-11-38(44)39-30-29-36(31-45(39)51)52(46-18-10-16-43-41-13-5-8-20-48(41)54-50(43)46)35-27-25-33(26-28-35)32-21-23-34(24-22-32)37-14-9-15-42-40-12-4-7-19-47(40)53-49(37)42/h5-31H,1-4H3;3-31H,1-2H3. The van der Waals surface area contributed by atoms with Gasteiger partial charge in [0.2, 0.25) is 0 Å². The first-order chi connectivity index (χ1) is 54.3. The largest absolute Gasteiger partial charge is 0.455 e. The van der Waals surface area contributed by atoms with Crippen molar-refractivity contribution in [3.63, 3.8) is 0 Å². The van der Waals surface area contributed by atoms with E-state index in [4.69, 9.17) is 17.7 Å². The highest BCUT2D eigenvalue weighted by Crippen LogP contribution is 2.57. The molecule has 0 atom stereocenters. The van der Waals surface area contributed by atoms with Crippen LogP contribution in [0.25, 0.3) is 155 Å². The number of furan rings is 4. The second-order valence-electron chi connectivity index (χ2n) is 31.8. The van der Waals surface area contributed by atoms with Crippen LogP contribution in [-0.4, -0.2) is 0 Å². The average Bonchev–Trinajstić information content (AvgIpc) is 1.58. The highest BCUT2D eigenvalue weighted by molar-refractivity contribution is 6.14. The van der Waals surface area contributed by atoms with Crippen LogP contribution in [0, 0.1) is 0 Å². The molecule has 20 aromatic rings. The predicted molar refractivity (Wildman–Crippen MR) is 460 cm³/mol. The Morgan fingerprint density at radius 3 is 0.892 bits per heavy atom. The quantitative estimate of drug-likeness (QED) is 0.144. The first-order valence-corrected chi connectivity index (χ1v) is 38.5. The van der Waals surface area contributed by atoms with Crippen molar-refractivity contribution in [2.45, 2.75) is 57.8 Å². The second-order valence-corrected chi connectivity index (χ2v) is 31.8. The molecule has 16 aromatic carbocycles. The summed E-state index contributed by atoms with van der Waals surface area (Å²) in [6, 6.07) is 122. The highest BCUT2D eigenvalue weighted by Gasteiger charge is 2.40. The normalized spacial score (nSPS) is 13.9. The van der Waals surface area contributed by atoms with Crippen molar-refractivity contribution in [2.75, 3.05) is 9.80 Å². The van der Waals surface area contributed by atoms with Crippen LogP contribution in [0.3, 0.4) is 0 Å². The maximum absolute atomic E-state index is 6.73. The van der Waals surface area contributed by atoms with Gasteiger partial charge in [-0.2, -0.15) is 0 Å². The summed E-state index contributed by atoms with van der Waals surface area (Å²) < 4.78 is 26.2. The highest BCUT2D eigenvalue weighted by atomic mass is 16.3. The molecule has 4 aromatic heterocycles. The molecule has 0 radical (unpaired) electrons. The van der Waals surface area contributed by atoms with Crippen LogP contribution in [0.1, 0.15) is 74.9 Å². The zero-order valence-electron chi connectivity index (χ0n) is 62.4. The van der Waals surface area contributed by atoms with E-state index >= 15 is 0 Å². The lowest BCUT2D eigenvalue weighted by atomic mass is 9.81. The smallest absolute Gasteiger partial charge is 0.159 e. The van der Waals surface area contributed by atoms with E-state index in [-0.39, 0.29) is 16.2 Å². The Morgan fingerprint density at radius 1 is 0.189 bits per heavy atom. The van der Waals surface area contributed by atoms with Gasteiger partial charge < -0.3 is 27.5 Å². The Morgan fingerprint density at radius 2 is 0.459 bits per heavy atom. The number of fused-ring (bicyclic) bond motifs is 21. The molecule has 528 valence electrons. The topological polar surface area (TPSA) is 59.0 Å². The molecule has 0 saturated carbocycles. The number of anilines is 6. The van der Waals surface area contributed by atoms with Gasteiger partial charge in [-0.1, -0.05) is 290 Å². The van der Waals surface area contributed by atoms with E-state index in [2.05, 4.69) is 361 Å². The summed E-state index contributed by atoms with van der Waals surface area (Å²) in [7, 11) is 0. The molecule has 6 nitrogen and oxygen atoms in total. The Kier molecular flexibility index (Phi) is 14.0. The molecule has 0 aliphatic heterocycles. The van der Waals surface area contributed by atoms with Crippen LogP contribution in [0.2, 0.25) is 0 Å². The second kappa shape index (κ2) is 24.2. The number of hydrogen-bond donors (Lipinski definition) is 0. The lowest BCUT2D eigenvalue weighted by molar-refractivity contribution is 0.659. The van der Waals surface area contributed by atoms with Gasteiger partial charge in [-0.25, -0.2) is 0 Å². The van der Waals surface area contributed by atoms with Gasteiger partial charge in [0, 0.05) is 93.2 Å². The molecule has 0 spiro atoms. The Balaban J connectivity index is 0.000000137. The number of para-hydroxylation sites is 8. The summed E-state index contributed by atoms with van der Waals surface area (Å²) in [6.07, 6.45) is 0. The van der Waals surface area contributed by atoms with Crippen LogP contribution in [0.5, 0.6) is 0 Å². The molecule has 0 unspecified atom stereocenters. The van der Waals surface area contributed by atoms with Gasteiger partial charge in [0.15, 0.2) is 11.2 Å². The van der Waals surface area contributed by atoms with Crippen molar-refractivity contribution in [1.29, 1.82) is 0 Å². The molecule has 0 saturated heterocycles. The molecule has 0 amide bonds. The number of rotatable bonds is 9. The molecular weight excluding hydrogens is 1350 g/mol. The summed E-state index contributed by atoms with van der Waals surface area (Å²) in [5.41, 5.74) is 35.8. The van der Waals surface area contributed by atoms with Crippen molar-refractivity contribution >= 4 is 122 Å². The lowest BCUT2D eigenvalue weighted by Crippen LogP contribution is -2.18. The number of benzene rings is 16. The van der Waals surface area contributed by atoms with Crippen LogP contribution >= 0.6 is 0 Å².